The zero-order valence-electron chi connectivity index (χ0n) is 15.3. The number of hydrogen-bond acceptors (Lipinski definition) is 5. The second-order valence-electron chi connectivity index (χ2n) is 5.84. The first-order valence-corrected chi connectivity index (χ1v) is 8.38. The van der Waals surface area contributed by atoms with Crippen molar-refractivity contribution in [1.29, 1.82) is 0 Å². The Bertz CT molecular complexity index is 774. The zero-order valence-corrected chi connectivity index (χ0v) is 15.3. The van der Waals surface area contributed by atoms with Gasteiger partial charge in [-0.1, -0.05) is 24.3 Å². The van der Waals surface area contributed by atoms with E-state index in [0.29, 0.717) is 24.4 Å². The molecule has 0 aliphatic carbocycles. The SMILES string of the molecule is COCCNC(=O)COC(=O)c1ccccc1Nc1cccc(C)c1C. The molecule has 0 heterocycles. The molecule has 0 bridgehead atoms. The lowest BCUT2D eigenvalue weighted by Crippen LogP contribution is -2.31. The van der Waals surface area contributed by atoms with Crippen molar-refractivity contribution in [2.24, 2.45) is 0 Å². The Morgan fingerprint density at radius 3 is 2.50 bits per heavy atom. The Morgan fingerprint density at radius 1 is 1.00 bits per heavy atom. The molecule has 0 radical (unpaired) electrons. The fourth-order valence-corrected chi connectivity index (χ4v) is 2.35. The van der Waals surface area contributed by atoms with Gasteiger partial charge in [-0.15, -0.1) is 0 Å². The molecular weight excluding hydrogens is 332 g/mol. The van der Waals surface area contributed by atoms with Crippen LogP contribution in [0.4, 0.5) is 11.4 Å². The highest BCUT2D eigenvalue weighted by Gasteiger charge is 2.15. The summed E-state index contributed by atoms with van der Waals surface area (Å²) in [5.74, 6) is -0.921. The predicted molar refractivity (Wildman–Crippen MR) is 101 cm³/mol. The molecule has 0 unspecified atom stereocenters. The van der Waals surface area contributed by atoms with Crippen molar-refractivity contribution in [3.63, 3.8) is 0 Å². The molecule has 1 amide bonds. The first kappa shape index (κ1) is 19.5. The van der Waals surface area contributed by atoms with Crippen LogP contribution in [0.2, 0.25) is 0 Å². The summed E-state index contributed by atoms with van der Waals surface area (Å²) in [5, 5.41) is 5.88. The van der Waals surface area contributed by atoms with Gasteiger partial charge in [-0.2, -0.15) is 0 Å². The normalized spacial score (nSPS) is 10.3. The van der Waals surface area contributed by atoms with E-state index in [1.54, 1.807) is 25.3 Å². The van der Waals surface area contributed by atoms with E-state index in [2.05, 4.69) is 10.6 Å². The van der Waals surface area contributed by atoms with Crippen molar-refractivity contribution in [2.45, 2.75) is 13.8 Å². The van der Waals surface area contributed by atoms with E-state index in [4.69, 9.17) is 9.47 Å². The van der Waals surface area contributed by atoms with Crippen LogP contribution in [0.5, 0.6) is 0 Å². The quantitative estimate of drug-likeness (QED) is 0.562. The van der Waals surface area contributed by atoms with Crippen molar-refractivity contribution >= 4 is 23.3 Å². The van der Waals surface area contributed by atoms with Crippen LogP contribution in [0.25, 0.3) is 0 Å². The number of ether oxygens (including phenoxy) is 2. The molecule has 0 fully saturated rings. The van der Waals surface area contributed by atoms with Gasteiger partial charge in [0.15, 0.2) is 6.61 Å². The number of aryl methyl sites for hydroxylation is 1. The molecule has 2 N–H and O–H groups in total. The van der Waals surface area contributed by atoms with Crippen molar-refractivity contribution < 1.29 is 19.1 Å². The molecular formula is C20H24N2O4. The van der Waals surface area contributed by atoms with Gasteiger partial charge < -0.3 is 20.1 Å². The number of para-hydroxylation sites is 1. The van der Waals surface area contributed by atoms with Crippen molar-refractivity contribution in [2.75, 3.05) is 32.2 Å². The molecule has 0 saturated heterocycles. The standard InChI is InChI=1S/C20H24N2O4/c1-14-7-6-10-17(15(14)2)22-18-9-5-4-8-16(18)20(24)26-13-19(23)21-11-12-25-3/h4-10,22H,11-13H2,1-3H3,(H,21,23). The van der Waals surface area contributed by atoms with Crippen LogP contribution in [0.15, 0.2) is 42.5 Å². The highest BCUT2D eigenvalue weighted by atomic mass is 16.5. The summed E-state index contributed by atoms with van der Waals surface area (Å²) < 4.78 is 9.97. The molecule has 0 aliphatic rings. The Hall–Kier alpha value is -2.86. The third-order valence-electron chi connectivity index (χ3n) is 3.98. The van der Waals surface area contributed by atoms with E-state index >= 15 is 0 Å². The highest BCUT2D eigenvalue weighted by Crippen LogP contribution is 2.25. The van der Waals surface area contributed by atoms with Gasteiger partial charge in [0.05, 0.1) is 17.9 Å². The van der Waals surface area contributed by atoms with Crippen LogP contribution in [0, 0.1) is 13.8 Å². The average molecular weight is 356 g/mol. The molecule has 0 aromatic heterocycles. The Balaban J connectivity index is 2.05. The summed E-state index contributed by atoms with van der Waals surface area (Å²) in [4.78, 5) is 24.0. The lowest BCUT2D eigenvalue weighted by atomic mass is 10.1. The van der Waals surface area contributed by atoms with Gasteiger partial charge in [0.25, 0.3) is 5.91 Å². The molecule has 0 aliphatic heterocycles. The topological polar surface area (TPSA) is 76.7 Å². The third-order valence-corrected chi connectivity index (χ3v) is 3.98. The molecule has 2 aromatic rings. The van der Waals surface area contributed by atoms with E-state index in [9.17, 15) is 9.59 Å². The van der Waals surface area contributed by atoms with Gasteiger partial charge in [-0.25, -0.2) is 4.79 Å². The molecule has 0 saturated carbocycles. The molecule has 26 heavy (non-hydrogen) atoms. The van der Waals surface area contributed by atoms with E-state index in [1.165, 1.54) is 0 Å². The molecule has 0 spiro atoms. The van der Waals surface area contributed by atoms with E-state index < -0.39 is 5.97 Å². The number of hydrogen-bond donors (Lipinski definition) is 2. The Morgan fingerprint density at radius 2 is 1.73 bits per heavy atom. The maximum Gasteiger partial charge on any atom is 0.340 e. The van der Waals surface area contributed by atoms with Crippen LogP contribution >= 0.6 is 0 Å². The first-order valence-electron chi connectivity index (χ1n) is 8.38. The maximum absolute atomic E-state index is 12.4. The van der Waals surface area contributed by atoms with E-state index in [-0.39, 0.29) is 12.5 Å². The number of esters is 1. The number of anilines is 2. The predicted octanol–water partition coefficient (Wildman–Crippen LogP) is 2.97. The number of nitrogens with one attached hydrogen (secondary N) is 2. The fourth-order valence-electron chi connectivity index (χ4n) is 2.35. The number of rotatable bonds is 8. The monoisotopic (exact) mass is 356 g/mol. The first-order chi connectivity index (χ1) is 12.5. The lowest BCUT2D eigenvalue weighted by molar-refractivity contribution is -0.124. The molecule has 2 aromatic carbocycles. The minimum atomic E-state index is -0.555. The average Bonchev–Trinajstić information content (AvgIpc) is 2.64. The van der Waals surface area contributed by atoms with Crippen LogP contribution < -0.4 is 10.6 Å². The van der Waals surface area contributed by atoms with Crippen LogP contribution in [0.3, 0.4) is 0 Å². The molecule has 6 nitrogen and oxygen atoms in total. The van der Waals surface area contributed by atoms with Gasteiger partial charge in [0.2, 0.25) is 0 Å². The second kappa shape index (κ2) is 9.58. The number of benzene rings is 2. The molecule has 138 valence electrons. The summed E-state index contributed by atoms with van der Waals surface area (Å²) in [5.41, 5.74) is 4.18. The number of carbonyl (C=O) groups is 2. The summed E-state index contributed by atoms with van der Waals surface area (Å²) in [6.07, 6.45) is 0. The second-order valence-corrected chi connectivity index (χ2v) is 5.84. The summed E-state index contributed by atoms with van der Waals surface area (Å²) in [7, 11) is 1.55. The largest absolute Gasteiger partial charge is 0.452 e. The van der Waals surface area contributed by atoms with Gasteiger partial charge in [-0.3, -0.25) is 4.79 Å². The summed E-state index contributed by atoms with van der Waals surface area (Å²) in [6.45, 7) is 4.49. The fraction of sp³-hybridized carbons (Fsp3) is 0.300. The van der Waals surface area contributed by atoms with Gasteiger partial charge in [0.1, 0.15) is 0 Å². The van der Waals surface area contributed by atoms with Gasteiger partial charge in [0, 0.05) is 19.3 Å². The van der Waals surface area contributed by atoms with E-state index in [1.807, 2.05) is 38.1 Å². The molecule has 0 atom stereocenters. The smallest absolute Gasteiger partial charge is 0.340 e. The van der Waals surface area contributed by atoms with Crippen LogP contribution in [0.1, 0.15) is 21.5 Å². The summed E-state index contributed by atoms with van der Waals surface area (Å²) >= 11 is 0. The Labute approximate surface area is 153 Å². The molecule has 6 heteroatoms. The molecule has 2 rings (SSSR count). The lowest BCUT2D eigenvalue weighted by Gasteiger charge is -2.14. The van der Waals surface area contributed by atoms with Gasteiger partial charge in [-0.05, 0) is 43.2 Å². The number of amides is 1. The maximum atomic E-state index is 12.4. The number of methoxy groups -OCH3 is 1. The van der Waals surface area contributed by atoms with E-state index in [0.717, 1.165) is 16.8 Å². The van der Waals surface area contributed by atoms with Crippen molar-refractivity contribution in [3.8, 4) is 0 Å². The Kier molecular flexibility index (Phi) is 7.17. The summed E-state index contributed by atoms with van der Waals surface area (Å²) in [6, 6.07) is 13.0. The minimum Gasteiger partial charge on any atom is -0.452 e. The van der Waals surface area contributed by atoms with Gasteiger partial charge >= 0.3 is 5.97 Å². The minimum absolute atomic E-state index is 0.333. The van der Waals surface area contributed by atoms with Crippen molar-refractivity contribution in [3.05, 3.63) is 59.2 Å². The van der Waals surface area contributed by atoms with Crippen LogP contribution in [-0.2, 0) is 14.3 Å². The number of carbonyl (C=O) groups excluding carboxylic acids is 2. The highest BCUT2D eigenvalue weighted by molar-refractivity contribution is 5.97. The zero-order chi connectivity index (χ0) is 18.9. The van der Waals surface area contributed by atoms with Crippen molar-refractivity contribution in [1.82, 2.24) is 5.32 Å². The van der Waals surface area contributed by atoms with Crippen LogP contribution in [-0.4, -0.2) is 38.7 Å². The third kappa shape index (κ3) is 5.32.